The molecule has 0 amide bonds. The van der Waals surface area contributed by atoms with Gasteiger partial charge in [-0.1, -0.05) is 37.9 Å². The Kier molecular flexibility index (Phi) is 3.36. The number of alkyl halides is 1. The largest absolute Gasteiger partial charge is 0.0842 e. The first-order valence-electron chi connectivity index (χ1n) is 3.93. The second kappa shape index (κ2) is 3.93. The van der Waals surface area contributed by atoms with Crippen molar-refractivity contribution in [3.05, 3.63) is 33.3 Å². The van der Waals surface area contributed by atoms with Crippen LogP contribution in [0.3, 0.4) is 0 Å². The van der Waals surface area contributed by atoms with Crippen molar-refractivity contribution < 1.29 is 0 Å². The van der Waals surface area contributed by atoms with Crippen LogP contribution in [-0.4, -0.2) is 0 Å². The Morgan fingerprint density at radius 2 is 1.75 bits per heavy atom. The molecule has 12 heavy (non-hydrogen) atoms. The van der Waals surface area contributed by atoms with Gasteiger partial charge in [-0.3, -0.25) is 0 Å². The van der Waals surface area contributed by atoms with E-state index < -0.39 is 0 Å². The molecule has 2 heteroatoms. The van der Waals surface area contributed by atoms with Crippen LogP contribution in [0.25, 0.3) is 0 Å². The summed E-state index contributed by atoms with van der Waals surface area (Å²) in [4.78, 5) is 0.435. The summed E-state index contributed by atoms with van der Waals surface area (Å²) in [5, 5.41) is 0. The van der Waals surface area contributed by atoms with Gasteiger partial charge >= 0.3 is 0 Å². The van der Waals surface area contributed by atoms with Gasteiger partial charge in [0.15, 0.2) is 0 Å². The fraction of sp³-hybridized carbons (Fsp3) is 0.400. The molecular weight excluding hydrogens is 280 g/mol. The summed E-state index contributed by atoms with van der Waals surface area (Å²) >= 11 is 7.09. The maximum absolute atomic E-state index is 3.58. The second-order valence-corrected chi connectivity index (χ2v) is 5.30. The van der Waals surface area contributed by atoms with Crippen molar-refractivity contribution in [2.24, 2.45) is 0 Å². The second-order valence-electron chi connectivity index (χ2n) is 3.07. The van der Waals surface area contributed by atoms with Crippen LogP contribution in [0.15, 0.2) is 16.6 Å². The van der Waals surface area contributed by atoms with Gasteiger partial charge in [0.1, 0.15) is 0 Å². The summed E-state index contributed by atoms with van der Waals surface area (Å²) in [6.45, 7) is 6.40. The highest BCUT2D eigenvalue weighted by molar-refractivity contribution is 9.10. The zero-order chi connectivity index (χ0) is 9.30. The first-order chi connectivity index (χ1) is 5.52. The molecule has 0 nitrogen and oxygen atoms in total. The number of rotatable bonds is 1. The van der Waals surface area contributed by atoms with E-state index in [-0.39, 0.29) is 0 Å². The van der Waals surface area contributed by atoms with Crippen molar-refractivity contribution in [1.82, 2.24) is 0 Å². The molecule has 0 spiro atoms. The fourth-order valence-electron chi connectivity index (χ4n) is 1.23. The minimum Gasteiger partial charge on any atom is -0.0842 e. The summed E-state index contributed by atoms with van der Waals surface area (Å²) in [6, 6.07) is 4.39. The Morgan fingerprint density at radius 1 is 1.17 bits per heavy atom. The van der Waals surface area contributed by atoms with Crippen LogP contribution in [0.2, 0.25) is 0 Å². The lowest BCUT2D eigenvalue weighted by molar-refractivity contribution is 1.08. The highest BCUT2D eigenvalue weighted by Crippen LogP contribution is 2.29. The van der Waals surface area contributed by atoms with Gasteiger partial charge in [-0.15, -0.1) is 0 Å². The lowest BCUT2D eigenvalue weighted by Crippen LogP contribution is -1.91. The Morgan fingerprint density at radius 3 is 2.25 bits per heavy atom. The van der Waals surface area contributed by atoms with Gasteiger partial charge < -0.3 is 0 Å². The van der Waals surface area contributed by atoms with Crippen LogP contribution in [0, 0.1) is 13.8 Å². The topological polar surface area (TPSA) is 0 Å². The maximum atomic E-state index is 3.58. The van der Waals surface area contributed by atoms with Gasteiger partial charge in [-0.25, -0.2) is 0 Å². The fourth-order valence-corrected chi connectivity index (χ4v) is 2.18. The molecule has 1 atom stereocenters. The van der Waals surface area contributed by atoms with E-state index in [1.165, 1.54) is 21.2 Å². The van der Waals surface area contributed by atoms with E-state index in [1.807, 2.05) is 0 Å². The standard InChI is InChI=1S/C10H12Br2/c1-6-5-10(12)7(2)4-9(6)8(3)11/h4-5,8H,1-3H3. The van der Waals surface area contributed by atoms with E-state index in [0.29, 0.717) is 4.83 Å². The number of aryl methyl sites for hydroxylation is 2. The molecule has 0 saturated heterocycles. The van der Waals surface area contributed by atoms with E-state index in [4.69, 9.17) is 0 Å². The van der Waals surface area contributed by atoms with Crippen molar-refractivity contribution in [1.29, 1.82) is 0 Å². The SMILES string of the molecule is Cc1cc(C(C)Br)c(C)cc1Br. The van der Waals surface area contributed by atoms with E-state index in [1.54, 1.807) is 0 Å². The third-order valence-electron chi connectivity index (χ3n) is 1.98. The van der Waals surface area contributed by atoms with Crippen LogP contribution in [0.4, 0.5) is 0 Å². The summed E-state index contributed by atoms with van der Waals surface area (Å²) in [5.41, 5.74) is 3.99. The molecule has 66 valence electrons. The summed E-state index contributed by atoms with van der Waals surface area (Å²) in [5.74, 6) is 0. The molecule has 0 N–H and O–H groups in total. The van der Waals surface area contributed by atoms with Crippen molar-refractivity contribution >= 4 is 31.9 Å². The van der Waals surface area contributed by atoms with Crippen LogP contribution < -0.4 is 0 Å². The Bertz CT molecular complexity index is 290. The quantitative estimate of drug-likeness (QED) is 0.667. The monoisotopic (exact) mass is 290 g/mol. The Hall–Kier alpha value is 0.180. The van der Waals surface area contributed by atoms with E-state index in [9.17, 15) is 0 Å². The molecule has 0 aliphatic carbocycles. The van der Waals surface area contributed by atoms with Crippen LogP contribution in [0.1, 0.15) is 28.4 Å². The van der Waals surface area contributed by atoms with E-state index in [0.717, 1.165) is 0 Å². The summed E-state index contributed by atoms with van der Waals surface area (Å²) in [7, 11) is 0. The molecule has 0 aliphatic rings. The summed E-state index contributed by atoms with van der Waals surface area (Å²) < 4.78 is 1.19. The van der Waals surface area contributed by atoms with Crippen molar-refractivity contribution in [3.8, 4) is 0 Å². The first-order valence-corrected chi connectivity index (χ1v) is 5.64. The van der Waals surface area contributed by atoms with Gasteiger partial charge in [0, 0.05) is 9.30 Å². The third kappa shape index (κ3) is 2.11. The van der Waals surface area contributed by atoms with Gasteiger partial charge in [0.2, 0.25) is 0 Å². The average molecular weight is 292 g/mol. The van der Waals surface area contributed by atoms with Gasteiger partial charge in [-0.05, 0) is 43.5 Å². The molecule has 1 aromatic rings. The number of hydrogen-bond donors (Lipinski definition) is 0. The zero-order valence-corrected chi connectivity index (χ0v) is 10.7. The summed E-state index contributed by atoms with van der Waals surface area (Å²) in [6.07, 6.45) is 0. The molecule has 0 aromatic heterocycles. The van der Waals surface area contributed by atoms with E-state index >= 15 is 0 Å². The Labute approximate surface area is 90.6 Å². The molecule has 0 heterocycles. The minimum absolute atomic E-state index is 0.435. The number of halogens is 2. The third-order valence-corrected chi connectivity index (χ3v) is 3.32. The zero-order valence-electron chi connectivity index (χ0n) is 7.49. The lowest BCUT2D eigenvalue weighted by Gasteiger charge is -2.10. The number of hydrogen-bond acceptors (Lipinski definition) is 0. The van der Waals surface area contributed by atoms with Crippen LogP contribution in [0.5, 0.6) is 0 Å². The predicted molar refractivity (Wildman–Crippen MR) is 61.0 cm³/mol. The van der Waals surface area contributed by atoms with Crippen LogP contribution >= 0.6 is 31.9 Å². The molecule has 0 radical (unpaired) electrons. The number of benzene rings is 1. The molecular formula is C10H12Br2. The Balaban J connectivity index is 3.23. The molecule has 1 unspecified atom stereocenters. The van der Waals surface area contributed by atoms with Crippen molar-refractivity contribution in [2.45, 2.75) is 25.6 Å². The smallest absolute Gasteiger partial charge is 0.0369 e. The molecule has 1 aromatic carbocycles. The van der Waals surface area contributed by atoms with Gasteiger partial charge in [-0.2, -0.15) is 0 Å². The molecule has 0 bridgehead atoms. The molecule has 0 aliphatic heterocycles. The maximum Gasteiger partial charge on any atom is 0.0369 e. The van der Waals surface area contributed by atoms with Crippen molar-refractivity contribution in [2.75, 3.05) is 0 Å². The van der Waals surface area contributed by atoms with Crippen molar-refractivity contribution in [3.63, 3.8) is 0 Å². The van der Waals surface area contributed by atoms with Gasteiger partial charge in [0.05, 0.1) is 0 Å². The highest BCUT2D eigenvalue weighted by atomic mass is 79.9. The highest BCUT2D eigenvalue weighted by Gasteiger charge is 2.06. The molecule has 1 rings (SSSR count). The lowest BCUT2D eigenvalue weighted by atomic mass is 10.0. The first kappa shape index (κ1) is 10.3. The normalized spacial score (nSPS) is 13.1. The van der Waals surface area contributed by atoms with Crippen LogP contribution in [-0.2, 0) is 0 Å². The predicted octanol–water partition coefficient (Wildman–Crippen LogP) is 4.52. The average Bonchev–Trinajstić information content (AvgIpc) is 1.96. The van der Waals surface area contributed by atoms with E-state index in [2.05, 4.69) is 64.8 Å². The molecule has 0 saturated carbocycles. The minimum atomic E-state index is 0.435. The van der Waals surface area contributed by atoms with Gasteiger partial charge in [0.25, 0.3) is 0 Å². The molecule has 0 fully saturated rings.